The number of nitro groups is 2. The number of aromatic nitrogens is 8. The molecule has 0 fully saturated rings. The minimum atomic E-state index is -0.570. The number of para-hydroxylation sites is 1. The van der Waals surface area contributed by atoms with E-state index in [-0.39, 0.29) is 94.3 Å². The summed E-state index contributed by atoms with van der Waals surface area (Å²) < 4.78 is 51.6. The zero-order valence-corrected chi connectivity index (χ0v) is 58.0. The van der Waals surface area contributed by atoms with Gasteiger partial charge in [0.15, 0.2) is 51.6 Å². The van der Waals surface area contributed by atoms with E-state index in [1.165, 1.54) is 24.5 Å². The van der Waals surface area contributed by atoms with Gasteiger partial charge in [0.25, 0.3) is 11.4 Å². The Morgan fingerprint density at radius 2 is 0.854 bits per heavy atom. The number of hydrogen-bond donors (Lipinski definition) is 2. The Bertz CT molecular complexity index is 3810. The van der Waals surface area contributed by atoms with Crippen molar-refractivity contribution in [2.45, 2.75) is 50.5 Å². The van der Waals surface area contributed by atoms with Crippen molar-refractivity contribution in [3.8, 4) is 40.2 Å². The summed E-state index contributed by atoms with van der Waals surface area (Å²) in [5.74, 6) is 6.73. The summed E-state index contributed by atoms with van der Waals surface area (Å²) in [6, 6.07) is 27.2. The van der Waals surface area contributed by atoms with Gasteiger partial charge in [-0.15, -0.1) is 4.91 Å². The molecule has 8 aromatic rings. The molecule has 0 spiro atoms. The van der Waals surface area contributed by atoms with Crippen LogP contribution in [0.25, 0.3) is 0 Å². The predicted octanol–water partition coefficient (Wildman–Crippen LogP) is 7.36. The van der Waals surface area contributed by atoms with Crippen molar-refractivity contribution in [1.82, 2.24) is 39.9 Å². The van der Waals surface area contributed by atoms with Crippen LogP contribution < -0.4 is 88.0 Å². The molecule has 4 atom stereocenters. The monoisotopic (exact) mass is 1420 g/mol. The Morgan fingerprint density at radius 1 is 0.552 bits per heavy atom. The topological polar surface area (TPSA) is 352 Å². The zero-order chi connectivity index (χ0) is 68.8. The van der Waals surface area contributed by atoms with Gasteiger partial charge in [-0.05, 0) is 128 Å². The van der Waals surface area contributed by atoms with E-state index in [9.17, 15) is 29.5 Å². The fraction of sp³-hybridized carbons (Fsp3) is 0.333. The molecule has 4 aliphatic rings. The zero-order valence-electron chi connectivity index (χ0n) is 54.0. The largest absolute Gasteiger partial charge is 1.00 e. The Labute approximate surface area is 593 Å². The van der Waals surface area contributed by atoms with Gasteiger partial charge in [0, 0.05) is 58.1 Å². The molecule has 12 rings (SSSR count). The molecule has 3 N–H and O–H groups in total. The molecular formula is C60H66Cl4FN16NaO14. The van der Waals surface area contributed by atoms with Crippen LogP contribution in [0, 0.1) is 31.0 Å². The number of anilines is 5. The first-order valence-corrected chi connectivity index (χ1v) is 30.0. The summed E-state index contributed by atoms with van der Waals surface area (Å²) in [6.45, 7) is 8.52. The molecule has 506 valence electrons. The van der Waals surface area contributed by atoms with Gasteiger partial charge in [-0.2, -0.15) is 19.9 Å². The molecule has 36 heteroatoms. The number of nitrogens with zero attached hydrogens (tertiary/aromatic N) is 15. The number of non-ortho nitro benzene ring substituents is 2. The third-order valence-electron chi connectivity index (χ3n) is 13.6. The van der Waals surface area contributed by atoms with Gasteiger partial charge in [-0.1, -0.05) is 18.2 Å². The summed E-state index contributed by atoms with van der Waals surface area (Å²) in [6.07, 6.45) is 6.25. The Kier molecular flexibility index (Phi) is 29.2. The van der Waals surface area contributed by atoms with Gasteiger partial charge in [0.2, 0.25) is 21.1 Å². The first-order chi connectivity index (χ1) is 45.4. The fourth-order valence-electron chi connectivity index (χ4n) is 8.32. The van der Waals surface area contributed by atoms with Crippen LogP contribution in [-0.4, -0.2) is 166 Å². The maximum Gasteiger partial charge on any atom is 1.00 e. The van der Waals surface area contributed by atoms with E-state index in [0.717, 1.165) is 35.8 Å². The maximum absolute atomic E-state index is 12.1. The van der Waals surface area contributed by atoms with Gasteiger partial charge in [0.1, 0.15) is 74.9 Å². The first-order valence-electron chi connectivity index (χ1n) is 28.5. The minimum absolute atomic E-state index is 0. The number of aliphatic hydroxyl groups excluding tert-OH is 1. The molecule has 0 aliphatic carbocycles. The van der Waals surface area contributed by atoms with E-state index in [4.69, 9.17) is 90.4 Å². The van der Waals surface area contributed by atoms with E-state index >= 15 is 0 Å². The molecule has 8 heterocycles. The Hall–Kier alpha value is -8.95. The van der Waals surface area contributed by atoms with Crippen molar-refractivity contribution in [3.63, 3.8) is 0 Å². The molecule has 96 heavy (non-hydrogen) atoms. The molecule has 4 aromatic carbocycles. The van der Waals surface area contributed by atoms with Crippen molar-refractivity contribution in [1.29, 1.82) is 0 Å². The molecular weight excluding hydrogens is 1350 g/mol. The summed E-state index contributed by atoms with van der Waals surface area (Å²) in [5.41, 5.74) is 5.85. The molecule has 0 bridgehead atoms. The van der Waals surface area contributed by atoms with Crippen LogP contribution in [0.4, 0.5) is 44.7 Å². The van der Waals surface area contributed by atoms with Crippen LogP contribution in [-0.2, 0) is 4.84 Å². The standard InChI is InChI=1S/C14H13ClN4O4.C14H15ClN4O2.C14H14ClN3O2.C8H10ClN3O2.C6H4FNO2.C4H9NO2.Na.H/c1-18-10(8-23-12-6-16-14(15)17-13(12)18)7-22-11-4-2-9(3-5-11)19(20)21;1-19-10(7-20-11-4-2-9(16)3-5-11)8-21-12-6-17-14(15)18-13(12)19;1-18-10(8-19-11-5-3-2-4-6-11)9-20-12-7-16-14(15)17-13(12)18;1-12-5(3-13)4-14-6-2-10-8(9)11-7(6)12;7-5-1-3-6(4-2-5)8(9)10;1-4(2,3)7-5-6;;/h2-6,10H,7-8H2,1H3;2-6,10H,7-8,16H2,1H3;2-7,10H,8-9H2,1H3;2,5,13H,3-4H2,1H3;1-4H;1-3H3;;/q;;;;;;+1;-1/t3*10-;5-;;;;/m1111..../s1. The second-order valence-corrected chi connectivity index (χ2v) is 22.7. The van der Waals surface area contributed by atoms with Crippen molar-refractivity contribution in [3.05, 3.63) is 180 Å². The number of hydrogen-bond acceptors (Lipinski definition) is 28. The van der Waals surface area contributed by atoms with Gasteiger partial charge in [-0.3, -0.25) is 20.2 Å². The molecule has 0 saturated heterocycles. The van der Waals surface area contributed by atoms with E-state index in [1.807, 2.05) is 90.3 Å². The number of aliphatic hydroxyl groups is 1. The number of rotatable bonds is 13. The molecule has 30 nitrogen and oxygen atoms in total. The molecule has 4 aromatic heterocycles. The Balaban J connectivity index is 0.000000217. The molecule has 0 amide bonds. The smallest absolute Gasteiger partial charge is 1.00 e. The van der Waals surface area contributed by atoms with Gasteiger partial charge in [0.05, 0.1) is 65.4 Å². The number of nitro benzene ring substituents is 2. The number of benzene rings is 4. The third-order valence-corrected chi connectivity index (χ3v) is 14.4. The van der Waals surface area contributed by atoms with E-state index in [2.05, 4.69) is 50.0 Å². The average Bonchev–Trinajstić information content (AvgIpc) is 0.845. The molecule has 0 unspecified atom stereocenters. The van der Waals surface area contributed by atoms with E-state index < -0.39 is 21.3 Å². The average molecular weight is 1420 g/mol. The van der Waals surface area contributed by atoms with E-state index in [0.29, 0.717) is 104 Å². The van der Waals surface area contributed by atoms with Crippen LogP contribution in [0.1, 0.15) is 22.2 Å². The van der Waals surface area contributed by atoms with Crippen molar-refractivity contribution >= 4 is 86.7 Å². The first kappa shape index (κ1) is 76.1. The summed E-state index contributed by atoms with van der Waals surface area (Å²) in [7, 11) is 7.59. The number of likely N-dealkylation sites (N-methyl/N-ethyl adjacent to an activating group) is 4. The number of halogens is 5. The fourth-order valence-corrected chi connectivity index (χ4v) is 8.83. The van der Waals surface area contributed by atoms with Crippen molar-refractivity contribution in [2.24, 2.45) is 5.34 Å². The van der Waals surface area contributed by atoms with Gasteiger partial charge in [-0.25, -0.2) is 24.3 Å². The predicted molar refractivity (Wildman–Crippen MR) is 354 cm³/mol. The van der Waals surface area contributed by atoms with Crippen LogP contribution in [0.2, 0.25) is 21.1 Å². The van der Waals surface area contributed by atoms with Crippen LogP contribution >= 0.6 is 46.4 Å². The normalized spacial score (nSPS) is 16.0. The SMILES string of the molecule is CC(C)(C)ON=O.CN1c2nc(Cl)ncc2OC[C@H]1CO.CN1c2nc(Cl)ncc2OC[C@H]1COc1ccc(N)cc1.CN1c2nc(Cl)ncc2OC[C@H]1COc1ccc([N+](=O)[O-])cc1.CN1c2nc(Cl)ncc2OC[C@H]1COc1ccccc1.O=[N+]([O-])c1ccc(F)cc1.[H-].[Na+]. The van der Waals surface area contributed by atoms with Crippen LogP contribution in [0.3, 0.4) is 0 Å². The van der Waals surface area contributed by atoms with Gasteiger partial charge < -0.3 is 69.9 Å². The van der Waals surface area contributed by atoms with Crippen molar-refractivity contribution in [2.75, 3.05) is 106 Å². The number of fused-ring (bicyclic) bond motifs is 4. The molecule has 4 aliphatic heterocycles. The molecule has 0 radical (unpaired) electrons. The summed E-state index contributed by atoms with van der Waals surface area (Å²) >= 11 is 23.1. The van der Waals surface area contributed by atoms with Crippen LogP contribution in [0.15, 0.2) is 133 Å². The third kappa shape index (κ3) is 22.9. The van der Waals surface area contributed by atoms with Gasteiger partial charge >= 0.3 is 29.6 Å². The molecule has 0 saturated carbocycles. The Morgan fingerprint density at radius 3 is 1.16 bits per heavy atom. The minimum Gasteiger partial charge on any atom is -1.00 e. The number of nitrogen functional groups attached to an aromatic ring is 1. The van der Waals surface area contributed by atoms with Crippen molar-refractivity contribution < 1.29 is 88.3 Å². The van der Waals surface area contributed by atoms with E-state index in [1.54, 1.807) is 57.4 Å². The maximum atomic E-state index is 12.1. The number of ether oxygens (including phenoxy) is 7. The quantitative estimate of drug-likeness (QED) is 0.0284. The van der Waals surface area contributed by atoms with Crippen LogP contribution in [0.5, 0.6) is 40.2 Å². The second-order valence-electron chi connectivity index (χ2n) is 21.4. The summed E-state index contributed by atoms with van der Waals surface area (Å²) in [4.78, 5) is 73.1. The summed E-state index contributed by atoms with van der Waals surface area (Å²) in [5, 5.41) is 32.7. The second kappa shape index (κ2) is 36.8. The number of nitrogens with two attached hydrogens (primary N) is 1.